The average Bonchev–Trinajstić information content (AvgIpc) is 2.75. The summed E-state index contributed by atoms with van der Waals surface area (Å²) in [5.41, 5.74) is 9.30. The van der Waals surface area contributed by atoms with Crippen LogP contribution in [0.3, 0.4) is 0 Å². The summed E-state index contributed by atoms with van der Waals surface area (Å²) in [6.07, 6.45) is 3.74. The molecule has 1 heterocycles. The summed E-state index contributed by atoms with van der Waals surface area (Å²) >= 11 is 0. The van der Waals surface area contributed by atoms with E-state index in [1.54, 1.807) is 6.33 Å². The molecule has 0 spiro atoms. The molecule has 0 fully saturated rings. The van der Waals surface area contributed by atoms with Gasteiger partial charge in [-0.2, -0.15) is 0 Å². The lowest BCUT2D eigenvalue weighted by atomic mass is 9.93. The molecule has 2 aromatic rings. The Labute approximate surface area is 108 Å². The molecule has 1 aromatic carbocycles. The molecule has 1 atom stereocenters. The molecule has 18 heavy (non-hydrogen) atoms. The normalized spacial score (nSPS) is 14.0. The van der Waals surface area contributed by atoms with E-state index in [2.05, 4.69) is 47.3 Å². The van der Waals surface area contributed by atoms with Gasteiger partial charge < -0.3 is 16.0 Å². The summed E-state index contributed by atoms with van der Waals surface area (Å²) in [5.74, 6) is 0. The molecular formula is C14H22N4. The number of imidazole rings is 1. The lowest BCUT2D eigenvalue weighted by molar-refractivity contribution is 0.411. The molecule has 4 nitrogen and oxygen atoms in total. The summed E-state index contributed by atoms with van der Waals surface area (Å²) in [4.78, 5) is 7.38. The first-order valence-corrected chi connectivity index (χ1v) is 6.39. The quantitative estimate of drug-likeness (QED) is 0.758. The number of rotatable bonds is 5. The van der Waals surface area contributed by atoms with Crippen molar-refractivity contribution in [1.82, 2.24) is 15.3 Å². The summed E-state index contributed by atoms with van der Waals surface area (Å²) in [6, 6.07) is 6.68. The standard InChI is InChI=1S/C14H22N4/c1-14(2,15)7-6-11(16-3)10-4-5-12-13(8-10)18-9-17-12/h4-5,8-9,11,16H,6-7,15H2,1-3H3,(H,17,18). The molecule has 0 aliphatic heterocycles. The molecule has 2 rings (SSSR count). The smallest absolute Gasteiger partial charge is 0.0931 e. The highest BCUT2D eigenvalue weighted by Gasteiger charge is 2.16. The monoisotopic (exact) mass is 246 g/mol. The second-order valence-corrected chi connectivity index (χ2v) is 5.55. The van der Waals surface area contributed by atoms with Crippen molar-refractivity contribution < 1.29 is 0 Å². The number of H-pyrrole nitrogens is 1. The maximum absolute atomic E-state index is 6.05. The van der Waals surface area contributed by atoms with Gasteiger partial charge in [-0.3, -0.25) is 0 Å². The largest absolute Gasteiger partial charge is 0.345 e. The van der Waals surface area contributed by atoms with Crippen molar-refractivity contribution in [3.8, 4) is 0 Å². The Kier molecular flexibility index (Phi) is 3.68. The van der Waals surface area contributed by atoms with E-state index in [1.165, 1.54) is 5.56 Å². The fraction of sp³-hybridized carbons (Fsp3) is 0.500. The van der Waals surface area contributed by atoms with Gasteiger partial charge in [-0.05, 0) is 51.4 Å². The first-order chi connectivity index (χ1) is 8.49. The Hall–Kier alpha value is -1.39. The summed E-state index contributed by atoms with van der Waals surface area (Å²) in [7, 11) is 1.99. The van der Waals surface area contributed by atoms with E-state index in [1.807, 2.05) is 7.05 Å². The van der Waals surface area contributed by atoms with Crippen molar-refractivity contribution >= 4 is 11.0 Å². The van der Waals surface area contributed by atoms with Crippen LogP contribution < -0.4 is 11.1 Å². The average molecular weight is 246 g/mol. The molecule has 0 aliphatic rings. The fourth-order valence-electron chi connectivity index (χ4n) is 2.16. The van der Waals surface area contributed by atoms with Crippen LogP contribution in [0.15, 0.2) is 24.5 Å². The molecule has 0 saturated carbocycles. The first kappa shape index (κ1) is 13.1. The molecule has 0 aliphatic carbocycles. The number of hydrogen-bond acceptors (Lipinski definition) is 3. The molecule has 0 saturated heterocycles. The van der Waals surface area contributed by atoms with Crippen LogP contribution >= 0.6 is 0 Å². The second-order valence-electron chi connectivity index (χ2n) is 5.55. The molecule has 98 valence electrons. The summed E-state index contributed by atoms with van der Waals surface area (Å²) in [6.45, 7) is 4.13. The van der Waals surface area contributed by atoms with E-state index in [0.29, 0.717) is 6.04 Å². The maximum atomic E-state index is 6.05. The van der Waals surface area contributed by atoms with Gasteiger partial charge in [-0.15, -0.1) is 0 Å². The van der Waals surface area contributed by atoms with E-state index in [0.717, 1.165) is 23.9 Å². The predicted octanol–water partition coefficient (Wildman–Crippen LogP) is 2.34. The highest BCUT2D eigenvalue weighted by molar-refractivity contribution is 5.75. The number of aromatic nitrogens is 2. The van der Waals surface area contributed by atoms with Gasteiger partial charge in [0.1, 0.15) is 0 Å². The molecular weight excluding hydrogens is 224 g/mol. The van der Waals surface area contributed by atoms with E-state index >= 15 is 0 Å². The van der Waals surface area contributed by atoms with Gasteiger partial charge in [0.25, 0.3) is 0 Å². The molecule has 4 N–H and O–H groups in total. The zero-order valence-electron chi connectivity index (χ0n) is 11.3. The van der Waals surface area contributed by atoms with Gasteiger partial charge in [0.15, 0.2) is 0 Å². The third-order valence-corrected chi connectivity index (χ3v) is 3.27. The van der Waals surface area contributed by atoms with Crippen LogP contribution in [0.4, 0.5) is 0 Å². The van der Waals surface area contributed by atoms with Gasteiger partial charge in [-0.1, -0.05) is 6.07 Å². The topological polar surface area (TPSA) is 66.7 Å². The van der Waals surface area contributed by atoms with Crippen molar-refractivity contribution in [2.24, 2.45) is 5.73 Å². The van der Waals surface area contributed by atoms with E-state index in [4.69, 9.17) is 5.73 Å². The lowest BCUT2D eigenvalue weighted by Gasteiger charge is -2.23. The Morgan fingerprint density at radius 1 is 1.44 bits per heavy atom. The van der Waals surface area contributed by atoms with Crippen molar-refractivity contribution in [3.63, 3.8) is 0 Å². The molecule has 0 radical (unpaired) electrons. The zero-order chi connectivity index (χ0) is 13.2. The Morgan fingerprint density at radius 3 is 2.89 bits per heavy atom. The number of hydrogen-bond donors (Lipinski definition) is 3. The van der Waals surface area contributed by atoms with Crippen molar-refractivity contribution in [3.05, 3.63) is 30.1 Å². The number of nitrogens with two attached hydrogens (primary N) is 1. The van der Waals surface area contributed by atoms with Crippen molar-refractivity contribution in [2.45, 2.75) is 38.3 Å². The van der Waals surface area contributed by atoms with Crippen LogP contribution in [0.1, 0.15) is 38.3 Å². The lowest BCUT2D eigenvalue weighted by Crippen LogP contribution is -2.33. The first-order valence-electron chi connectivity index (χ1n) is 6.39. The Balaban J connectivity index is 2.15. The Morgan fingerprint density at radius 2 is 2.22 bits per heavy atom. The van der Waals surface area contributed by atoms with E-state index < -0.39 is 0 Å². The number of fused-ring (bicyclic) bond motifs is 1. The maximum Gasteiger partial charge on any atom is 0.0931 e. The fourth-order valence-corrected chi connectivity index (χ4v) is 2.16. The minimum atomic E-state index is -0.118. The number of nitrogens with one attached hydrogen (secondary N) is 2. The molecule has 4 heteroatoms. The number of benzene rings is 1. The van der Waals surface area contributed by atoms with Crippen LogP contribution in [0.2, 0.25) is 0 Å². The predicted molar refractivity (Wildman–Crippen MR) is 75.4 cm³/mol. The number of aromatic amines is 1. The minimum absolute atomic E-state index is 0.118. The summed E-state index contributed by atoms with van der Waals surface area (Å²) < 4.78 is 0. The van der Waals surface area contributed by atoms with Crippen LogP contribution in [0.5, 0.6) is 0 Å². The zero-order valence-corrected chi connectivity index (χ0v) is 11.3. The molecule has 0 bridgehead atoms. The second kappa shape index (κ2) is 5.08. The SMILES string of the molecule is CNC(CCC(C)(C)N)c1ccc2nc[nH]c2c1. The molecule has 1 aromatic heterocycles. The highest BCUT2D eigenvalue weighted by Crippen LogP contribution is 2.23. The Bertz CT molecular complexity index is 510. The number of nitrogens with zero attached hydrogens (tertiary/aromatic N) is 1. The highest BCUT2D eigenvalue weighted by atomic mass is 14.9. The van der Waals surface area contributed by atoms with Crippen molar-refractivity contribution in [1.29, 1.82) is 0 Å². The third kappa shape index (κ3) is 3.09. The van der Waals surface area contributed by atoms with Crippen LogP contribution in [-0.4, -0.2) is 22.6 Å². The van der Waals surface area contributed by atoms with Gasteiger partial charge in [0.05, 0.1) is 17.4 Å². The van der Waals surface area contributed by atoms with Gasteiger partial charge in [0, 0.05) is 11.6 Å². The van der Waals surface area contributed by atoms with Gasteiger partial charge in [0.2, 0.25) is 0 Å². The van der Waals surface area contributed by atoms with Gasteiger partial charge in [-0.25, -0.2) is 4.98 Å². The van der Waals surface area contributed by atoms with Crippen LogP contribution in [0, 0.1) is 0 Å². The minimum Gasteiger partial charge on any atom is -0.345 e. The summed E-state index contributed by atoms with van der Waals surface area (Å²) in [5, 5.41) is 3.36. The molecule has 0 amide bonds. The third-order valence-electron chi connectivity index (χ3n) is 3.27. The van der Waals surface area contributed by atoms with Crippen LogP contribution in [0.25, 0.3) is 11.0 Å². The van der Waals surface area contributed by atoms with Gasteiger partial charge >= 0.3 is 0 Å². The van der Waals surface area contributed by atoms with Crippen LogP contribution in [-0.2, 0) is 0 Å². The van der Waals surface area contributed by atoms with E-state index in [9.17, 15) is 0 Å². The van der Waals surface area contributed by atoms with E-state index in [-0.39, 0.29) is 5.54 Å². The van der Waals surface area contributed by atoms with Crippen molar-refractivity contribution in [2.75, 3.05) is 7.05 Å². The molecule has 1 unspecified atom stereocenters.